The number of benzene rings is 1. The molecule has 0 unspecified atom stereocenters. The summed E-state index contributed by atoms with van der Waals surface area (Å²) in [7, 11) is 0. The molecule has 0 radical (unpaired) electrons. The van der Waals surface area contributed by atoms with E-state index in [1.54, 1.807) is 0 Å². The standard InChI is InChI=1S/C16H10F4N4O3/c17-10-3-1-2-4-11(10)24-13(26)15(16(18,19)20,23-14(24)27)22-12(25)9-5-7-21-8-6-9/h1-8H,(H,22,25)(H,23,27)/t15-/m0/s1. The summed E-state index contributed by atoms with van der Waals surface area (Å²) in [6.07, 6.45) is -3.08. The zero-order valence-electron chi connectivity index (χ0n) is 13.2. The van der Waals surface area contributed by atoms with Crippen molar-refractivity contribution in [2.45, 2.75) is 11.8 Å². The molecule has 0 spiro atoms. The molecule has 1 atom stereocenters. The van der Waals surface area contributed by atoms with Crippen LogP contribution in [0.2, 0.25) is 0 Å². The average molecular weight is 382 g/mol. The molecule has 0 bridgehead atoms. The van der Waals surface area contributed by atoms with Crippen LogP contribution in [0.3, 0.4) is 0 Å². The number of pyridine rings is 1. The number of alkyl halides is 3. The van der Waals surface area contributed by atoms with Gasteiger partial charge in [-0.2, -0.15) is 13.2 Å². The molecule has 1 aromatic carbocycles. The molecule has 1 saturated heterocycles. The largest absolute Gasteiger partial charge is 0.440 e. The van der Waals surface area contributed by atoms with Gasteiger partial charge in [0.2, 0.25) is 0 Å². The Labute approximate surface area is 149 Å². The zero-order chi connectivity index (χ0) is 19.8. The average Bonchev–Trinajstić information content (AvgIpc) is 2.87. The number of anilines is 1. The van der Waals surface area contributed by atoms with E-state index in [0.717, 1.165) is 36.7 Å². The lowest BCUT2D eigenvalue weighted by atomic mass is 10.1. The van der Waals surface area contributed by atoms with Gasteiger partial charge in [-0.25, -0.2) is 14.1 Å². The molecule has 1 aliphatic heterocycles. The number of carbonyl (C=O) groups is 3. The van der Waals surface area contributed by atoms with E-state index in [0.29, 0.717) is 0 Å². The van der Waals surface area contributed by atoms with E-state index >= 15 is 0 Å². The van der Waals surface area contributed by atoms with Crippen molar-refractivity contribution in [3.05, 3.63) is 60.2 Å². The van der Waals surface area contributed by atoms with Crippen LogP contribution >= 0.6 is 0 Å². The van der Waals surface area contributed by atoms with Gasteiger partial charge in [-0.1, -0.05) is 12.1 Å². The Bertz CT molecular complexity index is 919. The van der Waals surface area contributed by atoms with Crippen LogP contribution in [0.4, 0.5) is 28.0 Å². The molecule has 0 saturated carbocycles. The topological polar surface area (TPSA) is 91.4 Å². The number of rotatable bonds is 3. The summed E-state index contributed by atoms with van der Waals surface area (Å²) in [5, 5.41) is 2.94. The summed E-state index contributed by atoms with van der Waals surface area (Å²) >= 11 is 0. The monoisotopic (exact) mass is 382 g/mol. The van der Waals surface area contributed by atoms with Crippen molar-refractivity contribution in [1.29, 1.82) is 0 Å². The lowest BCUT2D eigenvalue weighted by molar-refractivity contribution is -0.197. The van der Waals surface area contributed by atoms with Crippen molar-refractivity contribution in [3.63, 3.8) is 0 Å². The third-order valence-electron chi connectivity index (χ3n) is 3.78. The van der Waals surface area contributed by atoms with E-state index in [1.807, 2.05) is 0 Å². The Balaban J connectivity index is 2.03. The summed E-state index contributed by atoms with van der Waals surface area (Å²) in [6, 6.07) is 5.02. The summed E-state index contributed by atoms with van der Waals surface area (Å²) < 4.78 is 55.1. The highest BCUT2D eigenvalue weighted by Crippen LogP contribution is 2.36. The fourth-order valence-corrected chi connectivity index (χ4v) is 2.48. The molecule has 2 heterocycles. The molecule has 27 heavy (non-hydrogen) atoms. The minimum Gasteiger partial charge on any atom is -0.314 e. The first kappa shape index (κ1) is 18.3. The number of nitrogens with zero attached hydrogens (tertiary/aromatic N) is 2. The van der Waals surface area contributed by atoms with Gasteiger partial charge in [-0.05, 0) is 24.3 Å². The Hall–Kier alpha value is -3.50. The second-order valence-corrected chi connectivity index (χ2v) is 5.46. The second-order valence-electron chi connectivity index (χ2n) is 5.46. The lowest BCUT2D eigenvalue weighted by Gasteiger charge is -2.29. The van der Waals surface area contributed by atoms with Crippen molar-refractivity contribution >= 4 is 23.5 Å². The van der Waals surface area contributed by atoms with E-state index in [2.05, 4.69) is 4.98 Å². The number of nitrogens with one attached hydrogen (secondary N) is 2. The highest BCUT2D eigenvalue weighted by Gasteiger charge is 2.69. The molecule has 1 aliphatic rings. The van der Waals surface area contributed by atoms with Crippen molar-refractivity contribution in [1.82, 2.24) is 15.6 Å². The number of amides is 4. The summed E-state index contributed by atoms with van der Waals surface area (Å²) in [4.78, 5) is 40.4. The Morgan fingerprint density at radius 3 is 2.33 bits per heavy atom. The third-order valence-corrected chi connectivity index (χ3v) is 3.78. The number of para-hydroxylation sites is 1. The molecule has 2 aromatic rings. The molecular weight excluding hydrogens is 372 g/mol. The quantitative estimate of drug-likeness (QED) is 0.627. The lowest BCUT2D eigenvalue weighted by Crippen LogP contribution is -2.69. The fourth-order valence-electron chi connectivity index (χ4n) is 2.48. The predicted octanol–water partition coefficient (Wildman–Crippen LogP) is 1.97. The second kappa shape index (κ2) is 6.34. The van der Waals surface area contributed by atoms with Gasteiger partial charge >= 0.3 is 12.2 Å². The van der Waals surface area contributed by atoms with E-state index in [1.165, 1.54) is 22.8 Å². The third kappa shape index (κ3) is 2.96. The zero-order valence-corrected chi connectivity index (χ0v) is 13.2. The molecule has 7 nitrogen and oxygen atoms in total. The van der Waals surface area contributed by atoms with Gasteiger partial charge in [-0.3, -0.25) is 19.9 Å². The highest BCUT2D eigenvalue weighted by molar-refractivity contribution is 6.24. The number of hydrogen-bond acceptors (Lipinski definition) is 4. The fraction of sp³-hybridized carbons (Fsp3) is 0.125. The van der Waals surface area contributed by atoms with Crippen LogP contribution in [-0.4, -0.2) is 34.7 Å². The van der Waals surface area contributed by atoms with Gasteiger partial charge in [0.15, 0.2) is 0 Å². The number of imide groups is 1. The van der Waals surface area contributed by atoms with Gasteiger partial charge in [0.1, 0.15) is 5.82 Å². The Morgan fingerprint density at radius 2 is 1.74 bits per heavy atom. The first-order valence-electron chi connectivity index (χ1n) is 7.38. The van der Waals surface area contributed by atoms with Crippen molar-refractivity contribution in [2.75, 3.05) is 4.90 Å². The number of carbonyl (C=O) groups excluding carboxylic acids is 3. The van der Waals surface area contributed by atoms with Gasteiger partial charge in [-0.15, -0.1) is 0 Å². The molecular formula is C16H10F4N4O3. The molecule has 11 heteroatoms. The first-order valence-corrected chi connectivity index (χ1v) is 7.38. The number of urea groups is 1. The molecule has 1 fully saturated rings. The van der Waals surface area contributed by atoms with Crippen LogP contribution in [0, 0.1) is 5.82 Å². The normalized spacial score (nSPS) is 19.8. The summed E-state index contributed by atoms with van der Waals surface area (Å²) in [5.74, 6) is -4.24. The highest BCUT2D eigenvalue weighted by atomic mass is 19.4. The van der Waals surface area contributed by atoms with Crippen LogP contribution in [0.25, 0.3) is 0 Å². The SMILES string of the molecule is O=C(N[C@]1(C(F)(F)F)NC(=O)N(c2ccccc2F)C1=O)c1ccncc1. The van der Waals surface area contributed by atoms with Gasteiger partial charge in [0.25, 0.3) is 17.5 Å². The van der Waals surface area contributed by atoms with Gasteiger partial charge < -0.3 is 5.32 Å². The van der Waals surface area contributed by atoms with Crippen LogP contribution in [0.1, 0.15) is 10.4 Å². The van der Waals surface area contributed by atoms with Crippen molar-refractivity contribution in [2.24, 2.45) is 0 Å². The van der Waals surface area contributed by atoms with E-state index in [9.17, 15) is 31.9 Å². The molecule has 2 N–H and O–H groups in total. The minimum atomic E-state index is -5.40. The van der Waals surface area contributed by atoms with E-state index < -0.39 is 41.2 Å². The summed E-state index contributed by atoms with van der Waals surface area (Å²) in [6.45, 7) is 0. The number of halogens is 4. The minimum absolute atomic E-state index is 0.00431. The molecule has 3 rings (SSSR count). The first-order chi connectivity index (χ1) is 12.7. The van der Waals surface area contributed by atoms with Crippen molar-refractivity contribution in [3.8, 4) is 0 Å². The van der Waals surface area contributed by atoms with E-state index in [4.69, 9.17) is 0 Å². The van der Waals surface area contributed by atoms with Crippen molar-refractivity contribution < 1.29 is 31.9 Å². The Morgan fingerprint density at radius 1 is 1.11 bits per heavy atom. The molecule has 4 amide bonds. The maximum atomic E-state index is 13.9. The van der Waals surface area contributed by atoms with Crippen LogP contribution in [0.5, 0.6) is 0 Å². The van der Waals surface area contributed by atoms with Gasteiger partial charge in [0, 0.05) is 18.0 Å². The van der Waals surface area contributed by atoms with Crippen LogP contribution < -0.4 is 15.5 Å². The summed E-state index contributed by atoms with van der Waals surface area (Å²) in [5.41, 5.74) is -4.64. The van der Waals surface area contributed by atoms with E-state index in [-0.39, 0.29) is 10.5 Å². The molecule has 1 aromatic heterocycles. The smallest absolute Gasteiger partial charge is 0.314 e. The number of hydrogen-bond donors (Lipinski definition) is 2. The maximum absolute atomic E-state index is 13.9. The maximum Gasteiger partial charge on any atom is 0.440 e. The Kier molecular flexibility index (Phi) is 4.30. The predicted molar refractivity (Wildman–Crippen MR) is 82.9 cm³/mol. The van der Waals surface area contributed by atoms with Crippen LogP contribution in [-0.2, 0) is 4.79 Å². The van der Waals surface area contributed by atoms with Gasteiger partial charge in [0.05, 0.1) is 5.69 Å². The van der Waals surface area contributed by atoms with Crippen LogP contribution in [0.15, 0.2) is 48.8 Å². The molecule has 0 aliphatic carbocycles. The molecule has 140 valence electrons. The number of aromatic nitrogens is 1.